The van der Waals surface area contributed by atoms with Crippen molar-refractivity contribution in [1.29, 1.82) is 0 Å². The highest BCUT2D eigenvalue weighted by Crippen LogP contribution is 2.58. The van der Waals surface area contributed by atoms with Crippen molar-refractivity contribution in [2.45, 2.75) is 31.7 Å². The van der Waals surface area contributed by atoms with Crippen LogP contribution < -0.4 is 0 Å². The molecule has 0 fully saturated rings. The molecule has 2 aromatic carbocycles. The summed E-state index contributed by atoms with van der Waals surface area (Å²) in [7, 11) is 0. The standard InChI is InChI=1S/C27H21NO3/c1-14-11-12-28(15(2)13-14)24-25(29)22-20-16-7-3-5-9-18(16)21(23(22)26(30)27(24)31)19-10-6-4-8-17(19)20/h3-13,15,20-21,29H,1-2H3. The zero-order valence-electron chi connectivity index (χ0n) is 17.3. The smallest absolute Gasteiger partial charge is 0.253 e. The number of carbonyl (C=O) groups is 2. The summed E-state index contributed by atoms with van der Waals surface area (Å²) < 4.78 is 0. The van der Waals surface area contributed by atoms with Crippen molar-refractivity contribution in [2.75, 3.05) is 0 Å². The van der Waals surface area contributed by atoms with E-state index in [9.17, 15) is 14.7 Å². The van der Waals surface area contributed by atoms with Crippen LogP contribution in [0.3, 0.4) is 0 Å². The number of hydrogen-bond donors (Lipinski definition) is 1. The van der Waals surface area contributed by atoms with Crippen LogP contribution in [0.15, 0.2) is 95.1 Å². The predicted molar refractivity (Wildman–Crippen MR) is 117 cm³/mol. The van der Waals surface area contributed by atoms with Gasteiger partial charge in [0.05, 0.1) is 0 Å². The van der Waals surface area contributed by atoms with E-state index in [1.807, 2.05) is 62.4 Å². The maximum absolute atomic E-state index is 13.5. The molecule has 4 heteroatoms. The second-order valence-electron chi connectivity index (χ2n) is 8.68. The number of rotatable bonds is 1. The number of allylic oxidation sites excluding steroid dienone is 5. The van der Waals surface area contributed by atoms with Crippen LogP contribution in [0.1, 0.15) is 47.9 Å². The Morgan fingerprint density at radius 2 is 1.32 bits per heavy atom. The van der Waals surface area contributed by atoms with Crippen molar-refractivity contribution < 1.29 is 14.7 Å². The number of aliphatic hydroxyl groups excluding tert-OH is 1. The van der Waals surface area contributed by atoms with Crippen molar-refractivity contribution in [3.05, 3.63) is 117 Å². The molecular formula is C27H21NO3. The molecule has 5 aliphatic rings. The van der Waals surface area contributed by atoms with Crippen molar-refractivity contribution in [1.82, 2.24) is 4.90 Å². The molecular weight excluding hydrogens is 386 g/mol. The minimum Gasteiger partial charge on any atom is -0.505 e. The largest absolute Gasteiger partial charge is 0.505 e. The van der Waals surface area contributed by atoms with Crippen LogP contribution in [-0.4, -0.2) is 27.6 Å². The Morgan fingerprint density at radius 1 is 0.806 bits per heavy atom. The molecule has 0 saturated carbocycles. The molecule has 152 valence electrons. The molecule has 4 nitrogen and oxygen atoms in total. The van der Waals surface area contributed by atoms with Gasteiger partial charge in [0, 0.05) is 35.2 Å². The SMILES string of the molecule is CC1=CC(C)N(C2=C(O)C3=C(C(=O)C2=O)C2c4ccccc4C3c3ccccc32)C=C1. The Balaban J connectivity index is 1.63. The third kappa shape index (κ3) is 2.25. The molecule has 1 N–H and O–H groups in total. The summed E-state index contributed by atoms with van der Waals surface area (Å²) in [5, 5.41) is 11.5. The molecule has 0 amide bonds. The van der Waals surface area contributed by atoms with Gasteiger partial charge in [0.1, 0.15) is 11.5 Å². The summed E-state index contributed by atoms with van der Waals surface area (Å²) in [4.78, 5) is 28.6. The molecule has 31 heavy (non-hydrogen) atoms. The van der Waals surface area contributed by atoms with Crippen LogP contribution in [0.5, 0.6) is 0 Å². The Hall–Kier alpha value is -3.66. The number of hydrogen-bond acceptors (Lipinski definition) is 4. The fourth-order valence-electron chi connectivity index (χ4n) is 5.69. The first-order valence-electron chi connectivity index (χ1n) is 10.6. The molecule has 1 heterocycles. The molecule has 2 bridgehead atoms. The van der Waals surface area contributed by atoms with Crippen LogP contribution in [0.4, 0.5) is 0 Å². The Morgan fingerprint density at radius 3 is 1.84 bits per heavy atom. The van der Waals surface area contributed by atoms with Crippen LogP contribution in [-0.2, 0) is 9.59 Å². The summed E-state index contributed by atoms with van der Waals surface area (Å²) in [5.74, 6) is -1.80. The summed E-state index contributed by atoms with van der Waals surface area (Å²) in [6, 6.07) is 16.0. The topological polar surface area (TPSA) is 57.6 Å². The average Bonchev–Trinajstić information content (AvgIpc) is 2.78. The van der Waals surface area contributed by atoms with Gasteiger partial charge in [-0.2, -0.15) is 0 Å². The summed E-state index contributed by atoms with van der Waals surface area (Å²) in [6.07, 6.45) is 5.68. The third-order valence-electron chi connectivity index (χ3n) is 6.95. The minimum absolute atomic E-state index is 0.0666. The second kappa shape index (κ2) is 6.17. The van der Waals surface area contributed by atoms with E-state index in [-0.39, 0.29) is 29.3 Å². The highest BCUT2D eigenvalue weighted by molar-refractivity contribution is 6.50. The number of benzene rings is 2. The van der Waals surface area contributed by atoms with E-state index >= 15 is 0 Å². The number of Topliss-reactive ketones (excluding diaryl/α,β-unsaturated/α-hetero) is 2. The monoisotopic (exact) mass is 407 g/mol. The van der Waals surface area contributed by atoms with E-state index in [1.165, 1.54) is 0 Å². The van der Waals surface area contributed by atoms with Gasteiger partial charge in [-0.3, -0.25) is 9.59 Å². The fourth-order valence-corrected chi connectivity index (χ4v) is 5.69. The highest BCUT2D eigenvalue weighted by atomic mass is 16.3. The van der Waals surface area contributed by atoms with E-state index in [1.54, 1.807) is 11.1 Å². The first kappa shape index (κ1) is 18.1. The number of nitrogens with zero attached hydrogens (tertiary/aromatic N) is 1. The van der Waals surface area contributed by atoms with Gasteiger partial charge in [0.2, 0.25) is 5.78 Å². The van der Waals surface area contributed by atoms with Crippen LogP contribution >= 0.6 is 0 Å². The lowest BCUT2D eigenvalue weighted by Gasteiger charge is -2.45. The Bertz CT molecular complexity index is 1280. The number of aliphatic hydroxyl groups is 1. The summed E-state index contributed by atoms with van der Waals surface area (Å²) in [6.45, 7) is 3.94. The molecule has 0 spiro atoms. The molecule has 0 aromatic heterocycles. The van der Waals surface area contributed by atoms with Crippen molar-refractivity contribution in [3.63, 3.8) is 0 Å². The van der Waals surface area contributed by atoms with Crippen LogP contribution in [0, 0.1) is 0 Å². The Kier molecular flexibility index (Phi) is 3.61. The first-order valence-corrected chi connectivity index (χ1v) is 10.6. The lowest BCUT2D eigenvalue weighted by molar-refractivity contribution is -0.133. The average molecular weight is 407 g/mol. The van der Waals surface area contributed by atoms with Crippen LogP contribution in [0.25, 0.3) is 0 Å². The van der Waals surface area contributed by atoms with Crippen molar-refractivity contribution in [3.8, 4) is 0 Å². The maximum atomic E-state index is 13.5. The molecule has 4 aliphatic carbocycles. The predicted octanol–water partition coefficient (Wildman–Crippen LogP) is 4.66. The summed E-state index contributed by atoms with van der Waals surface area (Å²) >= 11 is 0. The van der Waals surface area contributed by atoms with Gasteiger partial charge in [0.15, 0.2) is 0 Å². The van der Waals surface area contributed by atoms with Gasteiger partial charge >= 0.3 is 0 Å². The number of carbonyl (C=O) groups excluding carboxylic acids is 2. The zero-order chi connectivity index (χ0) is 21.4. The van der Waals surface area contributed by atoms with E-state index in [0.717, 1.165) is 27.8 Å². The van der Waals surface area contributed by atoms with Gasteiger partial charge < -0.3 is 10.0 Å². The van der Waals surface area contributed by atoms with E-state index in [2.05, 4.69) is 12.1 Å². The molecule has 7 rings (SSSR count). The minimum atomic E-state index is -0.636. The van der Waals surface area contributed by atoms with E-state index < -0.39 is 11.6 Å². The third-order valence-corrected chi connectivity index (χ3v) is 6.95. The molecule has 1 aliphatic heterocycles. The zero-order valence-corrected chi connectivity index (χ0v) is 17.3. The van der Waals surface area contributed by atoms with Gasteiger partial charge in [-0.25, -0.2) is 0 Å². The lowest BCUT2D eigenvalue weighted by Crippen LogP contribution is -2.43. The van der Waals surface area contributed by atoms with Gasteiger partial charge in [-0.1, -0.05) is 60.2 Å². The van der Waals surface area contributed by atoms with E-state index in [4.69, 9.17) is 0 Å². The summed E-state index contributed by atoms with van der Waals surface area (Å²) in [5.41, 5.74) is 6.48. The highest BCUT2D eigenvalue weighted by Gasteiger charge is 2.51. The fraction of sp³-hybridized carbons (Fsp3) is 0.185. The quantitative estimate of drug-likeness (QED) is 0.552. The Labute approximate surface area is 180 Å². The van der Waals surface area contributed by atoms with Gasteiger partial charge in [-0.05, 0) is 42.2 Å². The van der Waals surface area contributed by atoms with Gasteiger partial charge in [-0.15, -0.1) is 0 Å². The van der Waals surface area contributed by atoms with E-state index in [0.29, 0.717) is 11.1 Å². The van der Waals surface area contributed by atoms with Crippen molar-refractivity contribution in [2.24, 2.45) is 0 Å². The second-order valence-corrected chi connectivity index (χ2v) is 8.68. The lowest BCUT2D eigenvalue weighted by atomic mass is 9.58. The molecule has 1 unspecified atom stereocenters. The van der Waals surface area contributed by atoms with Crippen LogP contribution in [0.2, 0.25) is 0 Å². The number of ketones is 2. The first-order chi connectivity index (χ1) is 15.0. The maximum Gasteiger partial charge on any atom is 0.253 e. The molecule has 1 atom stereocenters. The molecule has 0 saturated heterocycles. The van der Waals surface area contributed by atoms with Gasteiger partial charge in [0.25, 0.3) is 5.78 Å². The molecule has 2 aromatic rings. The van der Waals surface area contributed by atoms with Crippen molar-refractivity contribution >= 4 is 11.6 Å². The molecule has 0 radical (unpaired) electrons. The normalized spacial score (nSPS) is 26.1.